The number of nitrogens with zero attached hydrogens (tertiary/aromatic N) is 3. The number of aryl methyl sites for hydroxylation is 1. The summed E-state index contributed by atoms with van der Waals surface area (Å²) < 4.78 is 13.3. The fourth-order valence-corrected chi connectivity index (χ4v) is 3.32. The number of nitrogens with one attached hydrogen (secondary N) is 1. The second-order valence-electron chi connectivity index (χ2n) is 6.85. The fourth-order valence-electron chi connectivity index (χ4n) is 3.32. The third kappa shape index (κ3) is 3.54. The van der Waals surface area contributed by atoms with Gasteiger partial charge in [-0.3, -0.25) is 9.69 Å². The van der Waals surface area contributed by atoms with Crippen molar-refractivity contribution in [3.63, 3.8) is 0 Å². The van der Waals surface area contributed by atoms with E-state index in [0.29, 0.717) is 6.54 Å². The Labute approximate surface area is 146 Å². The van der Waals surface area contributed by atoms with Gasteiger partial charge in [0.05, 0.1) is 5.69 Å². The molecule has 1 saturated carbocycles. The Morgan fingerprint density at radius 1 is 1.32 bits per heavy atom. The summed E-state index contributed by atoms with van der Waals surface area (Å²) in [5, 5.41) is 3.09. The van der Waals surface area contributed by atoms with Crippen LogP contribution in [0.15, 0.2) is 30.5 Å². The monoisotopic (exact) mass is 340 g/mol. The summed E-state index contributed by atoms with van der Waals surface area (Å²) in [5.41, 5.74) is 2.93. The summed E-state index contributed by atoms with van der Waals surface area (Å²) in [7, 11) is 0. The average molecular weight is 340 g/mol. The Bertz CT molecular complexity index is 789. The number of hydrogen-bond acceptors (Lipinski definition) is 4. The second-order valence-corrected chi connectivity index (χ2v) is 6.85. The number of carbonyl (C=O) groups is 1. The standard InChI is InChI=1S/C19H21FN4O/c1-12-21-10-14-8-9-24(11-17(14)22-12)18(19(25)23-16-6-7-16)13-2-4-15(20)5-3-13/h2-5,10,16,18H,6-9,11H2,1H3,(H,23,25)/t18-/m1/s1. The number of amides is 1. The molecule has 4 rings (SSSR count). The molecule has 0 radical (unpaired) electrons. The number of rotatable bonds is 4. The Hall–Kier alpha value is -2.34. The van der Waals surface area contributed by atoms with E-state index in [-0.39, 0.29) is 17.8 Å². The van der Waals surface area contributed by atoms with Crippen LogP contribution in [0.2, 0.25) is 0 Å². The molecule has 1 N–H and O–H groups in total. The molecule has 1 aromatic heterocycles. The van der Waals surface area contributed by atoms with Crippen molar-refractivity contribution in [2.75, 3.05) is 6.54 Å². The van der Waals surface area contributed by atoms with Crippen LogP contribution in [-0.4, -0.2) is 33.4 Å². The van der Waals surface area contributed by atoms with Crippen LogP contribution in [0.4, 0.5) is 4.39 Å². The largest absolute Gasteiger partial charge is 0.352 e. The van der Waals surface area contributed by atoms with Crippen molar-refractivity contribution in [2.45, 2.75) is 44.8 Å². The van der Waals surface area contributed by atoms with Crippen molar-refractivity contribution in [1.29, 1.82) is 0 Å². The Morgan fingerprint density at radius 2 is 2.08 bits per heavy atom. The highest BCUT2D eigenvalue weighted by Gasteiger charge is 2.34. The molecule has 2 aliphatic rings. The van der Waals surface area contributed by atoms with E-state index in [1.54, 1.807) is 12.1 Å². The lowest BCUT2D eigenvalue weighted by Gasteiger charge is -2.34. The predicted octanol–water partition coefficient (Wildman–Crippen LogP) is 2.30. The quantitative estimate of drug-likeness (QED) is 0.928. The summed E-state index contributed by atoms with van der Waals surface area (Å²) in [6.07, 6.45) is 4.77. The molecule has 0 unspecified atom stereocenters. The molecule has 5 nitrogen and oxygen atoms in total. The maximum atomic E-state index is 13.3. The molecule has 0 spiro atoms. The number of carbonyl (C=O) groups excluding carboxylic acids is 1. The number of hydrogen-bond donors (Lipinski definition) is 1. The van der Waals surface area contributed by atoms with E-state index in [4.69, 9.17) is 0 Å². The van der Waals surface area contributed by atoms with Gasteiger partial charge in [-0.15, -0.1) is 0 Å². The lowest BCUT2D eigenvalue weighted by molar-refractivity contribution is -0.127. The van der Waals surface area contributed by atoms with E-state index in [9.17, 15) is 9.18 Å². The van der Waals surface area contributed by atoms with Gasteiger partial charge in [-0.2, -0.15) is 0 Å². The zero-order chi connectivity index (χ0) is 17.4. The molecular weight excluding hydrogens is 319 g/mol. The van der Waals surface area contributed by atoms with E-state index in [1.165, 1.54) is 12.1 Å². The highest BCUT2D eigenvalue weighted by atomic mass is 19.1. The van der Waals surface area contributed by atoms with E-state index in [0.717, 1.165) is 48.5 Å². The second kappa shape index (κ2) is 6.52. The van der Waals surface area contributed by atoms with Gasteiger partial charge in [0.1, 0.15) is 17.7 Å². The first-order valence-corrected chi connectivity index (χ1v) is 8.71. The molecule has 1 aliphatic carbocycles. The van der Waals surface area contributed by atoms with Gasteiger partial charge in [-0.05, 0) is 49.4 Å². The fraction of sp³-hybridized carbons (Fsp3) is 0.421. The summed E-state index contributed by atoms with van der Waals surface area (Å²) in [4.78, 5) is 23.8. The highest BCUT2D eigenvalue weighted by molar-refractivity contribution is 5.83. The summed E-state index contributed by atoms with van der Waals surface area (Å²) in [5.74, 6) is 0.433. The van der Waals surface area contributed by atoms with E-state index in [2.05, 4.69) is 20.2 Å². The Kier molecular flexibility index (Phi) is 4.21. The molecule has 1 aliphatic heterocycles. The van der Waals surface area contributed by atoms with Gasteiger partial charge in [0, 0.05) is 25.3 Å². The van der Waals surface area contributed by atoms with Crippen molar-refractivity contribution < 1.29 is 9.18 Å². The maximum absolute atomic E-state index is 13.3. The Balaban J connectivity index is 1.63. The van der Waals surface area contributed by atoms with E-state index >= 15 is 0 Å². The van der Waals surface area contributed by atoms with Gasteiger partial charge in [0.15, 0.2) is 0 Å². The van der Waals surface area contributed by atoms with Gasteiger partial charge < -0.3 is 5.32 Å². The van der Waals surface area contributed by atoms with Gasteiger partial charge in [0.2, 0.25) is 5.91 Å². The van der Waals surface area contributed by atoms with Crippen LogP contribution in [0.25, 0.3) is 0 Å². The van der Waals surface area contributed by atoms with Crippen LogP contribution in [0.3, 0.4) is 0 Å². The topological polar surface area (TPSA) is 58.1 Å². The zero-order valence-electron chi connectivity index (χ0n) is 14.2. The van der Waals surface area contributed by atoms with Crippen molar-refractivity contribution in [1.82, 2.24) is 20.2 Å². The first-order chi connectivity index (χ1) is 12.1. The number of halogens is 1. The molecule has 25 heavy (non-hydrogen) atoms. The van der Waals surface area contributed by atoms with Crippen molar-refractivity contribution in [3.8, 4) is 0 Å². The average Bonchev–Trinajstić information content (AvgIpc) is 3.40. The predicted molar refractivity (Wildman–Crippen MR) is 91.2 cm³/mol. The van der Waals surface area contributed by atoms with Gasteiger partial charge in [0.25, 0.3) is 0 Å². The summed E-state index contributed by atoms with van der Waals surface area (Å²) >= 11 is 0. The van der Waals surface area contributed by atoms with E-state index in [1.807, 2.05) is 13.1 Å². The number of aromatic nitrogens is 2. The van der Waals surface area contributed by atoms with Gasteiger partial charge in [-0.25, -0.2) is 14.4 Å². The van der Waals surface area contributed by atoms with Crippen LogP contribution in [0.5, 0.6) is 0 Å². The molecule has 0 bridgehead atoms. The smallest absolute Gasteiger partial charge is 0.242 e. The van der Waals surface area contributed by atoms with Crippen molar-refractivity contribution in [2.24, 2.45) is 0 Å². The molecular formula is C19H21FN4O. The first-order valence-electron chi connectivity index (χ1n) is 8.71. The molecule has 6 heteroatoms. The summed E-state index contributed by atoms with van der Waals surface area (Å²) in [6, 6.07) is 6.09. The molecule has 1 atom stereocenters. The van der Waals surface area contributed by atoms with Crippen LogP contribution in [0.1, 0.15) is 41.5 Å². The van der Waals surface area contributed by atoms with Crippen LogP contribution in [0, 0.1) is 12.7 Å². The molecule has 0 saturated heterocycles. The summed E-state index contributed by atoms with van der Waals surface area (Å²) in [6.45, 7) is 3.22. The molecule has 1 fully saturated rings. The van der Waals surface area contributed by atoms with Crippen LogP contribution < -0.4 is 5.32 Å². The van der Waals surface area contributed by atoms with Crippen LogP contribution in [-0.2, 0) is 17.8 Å². The minimum Gasteiger partial charge on any atom is -0.352 e. The third-order valence-electron chi connectivity index (χ3n) is 4.82. The minimum atomic E-state index is -0.426. The molecule has 2 heterocycles. The number of fused-ring (bicyclic) bond motifs is 1. The SMILES string of the molecule is Cc1ncc2c(n1)CN([C@@H](C(=O)NC1CC1)c1ccc(F)cc1)CC2. The third-order valence-corrected chi connectivity index (χ3v) is 4.82. The van der Waals surface area contributed by atoms with E-state index < -0.39 is 6.04 Å². The van der Waals surface area contributed by atoms with Crippen molar-refractivity contribution in [3.05, 3.63) is 58.9 Å². The van der Waals surface area contributed by atoms with Crippen LogP contribution >= 0.6 is 0 Å². The van der Waals surface area contributed by atoms with Gasteiger partial charge in [-0.1, -0.05) is 12.1 Å². The molecule has 130 valence electrons. The minimum absolute atomic E-state index is 0.0108. The normalized spacial score (nSPS) is 18.5. The first kappa shape index (κ1) is 16.1. The Morgan fingerprint density at radius 3 is 2.80 bits per heavy atom. The molecule has 1 aromatic carbocycles. The van der Waals surface area contributed by atoms with Gasteiger partial charge >= 0.3 is 0 Å². The maximum Gasteiger partial charge on any atom is 0.242 e. The van der Waals surface area contributed by atoms with Crippen molar-refractivity contribution >= 4 is 5.91 Å². The number of benzene rings is 1. The highest BCUT2D eigenvalue weighted by Crippen LogP contribution is 2.29. The zero-order valence-corrected chi connectivity index (χ0v) is 14.2. The molecule has 1 amide bonds. The molecule has 2 aromatic rings. The lowest BCUT2D eigenvalue weighted by atomic mass is 9.99. The lowest BCUT2D eigenvalue weighted by Crippen LogP contribution is -2.43.